The van der Waals surface area contributed by atoms with Crippen LogP contribution < -0.4 is 5.32 Å². The minimum absolute atomic E-state index is 0.000779. The molecular weight excluding hydrogens is 296 g/mol. The van der Waals surface area contributed by atoms with Crippen LogP contribution in [0.3, 0.4) is 0 Å². The molecule has 0 bridgehead atoms. The van der Waals surface area contributed by atoms with Gasteiger partial charge in [-0.2, -0.15) is 0 Å². The van der Waals surface area contributed by atoms with Crippen molar-refractivity contribution in [1.82, 2.24) is 10.2 Å². The Labute approximate surface area is 136 Å². The highest BCUT2D eigenvalue weighted by Gasteiger charge is 2.23. The summed E-state index contributed by atoms with van der Waals surface area (Å²) < 4.78 is 0. The Balaban J connectivity index is 1.86. The predicted octanol–water partition coefficient (Wildman–Crippen LogP) is 3.23. The van der Waals surface area contributed by atoms with Crippen molar-refractivity contribution in [2.24, 2.45) is 5.92 Å². The van der Waals surface area contributed by atoms with Crippen molar-refractivity contribution in [3.63, 3.8) is 0 Å². The molecule has 2 rings (SSSR count). The van der Waals surface area contributed by atoms with E-state index in [-0.39, 0.29) is 23.7 Å². The lowest BCUT2D eigenvalue weighted by atomic mass is 10.00. The lowest BCUT2D eigenvalue weighted by molar-refractivity contribution is -0.122. The van der Waals surface area contributed by atoms with Gasteiger partial charge in [0.15, 0.2) is 0 Å². The molecule has 0 radical (unpaired) electrons. The molecule has 2 amide bonds. The van der Waals surface area contributed by atoms with E-state index in [0.29, 0.717) is 12.5 Å². The Bertz CT molecular complexity index is 528. The summed E-state index contributed by atoms with van der Waals surface area (Å²) in [5.74, 6) is 1.31. The zero-order chi connectivity index (χ0) is 16.1. The number of rotatable bonds is 6. The van der Waals surface area contributed by atoms with Crippen LogP contribution in [0.25, 0.3) is 0 Å². The molecule has 1 N–H and O–H groups in total. The van der Waals surface area contributed by atoms with Gasteiger partial charge in [-0.05, 0) is 30.4 Å². The molecule has 1 aromatic rings. The van der Waals surface area contributed by atoms with Crippen LogP contribution >= 0.6 is 11.8 Å². The zero-order valence-corrected chi connectivity index (χ0v) is 14.3. The highest BCUT2D eigenvalue weighted by atomic mass is 32.2. The van der Waals surface area contributed by atoms with E-state index in [1.807, 2.05) is 6.92 Å². The van der Waals surface area contributed by atoms with Crippen LogP contribution in [0, 0.1) is 5.92 Å². The van der Waals surface area contributed by atoms with Crippen LogP contribution in [-0.4, -0.2) is 34.9 Å². The first-order valence-electron chi connectivity index (χ1n) is 7.75. The number of thioether (sulfide) groups is 1. The van der Waals surface area contributed by atoms with Crippen LogP contribution in [0.1, 0.15) is 37.9 Å². The number of carbonyl (C=O) groups excluding carboxylic acids is 2. The SMILES string of the molecule is CC(C)Cc1ccc([C@@H](C)NC(=O)CN2CCSC2=O)cc1. The molecule has 0 aliphatic carbocycles. The molecule has 0 aromatic heterocycles. The average Bonchev–Trinajstić information content (AvgIpc) is 2.84. The van der Waals surface area contributed by atoms with Crippen LogP contribution in [0.4, 0.5) is 4.79 Å². The molecule has 1 saturated heterocycles. The molecule has 0 unspecified atom stereocenters. The number of hydrogen-bond donors (Lipinski definition) is 1. The smallest absolute Gasteiger partial charge is 0.282 e. The standard InChI is InChI=1S/C17H24N2O2S/c1-12(2)10-14-4-6-15(7-5-14)13(3)18-16(20)11-19-8-9-22-17(19)21/h4-7,12-13H,8-11H2,1-3H3,(H,18,20)/t13-/m1/s1. The number of nitrogens with one attached hydrogen (secondary N) is 1. The van der Waals surface area contributed by atoms with E-state index >= 15 is 0 Å². The molecule has 0 saturated carbocycles. The first kappa shape index (κ1) is 16.9. The van der Waals surface area contributed by atoms with Gasteiger partial charge in [-0.3, -0.25) is 9.59 Å². The second-order valence-corrected chi connectivity index (χ2v) is 7.21. The van der Waals surface area contributed by atoms with Gasteiger partial charge in [0.2, 0.25) is 5.91 Å². The van der Waals surface area contributed by atoms with E-state index in [4.69, 9.17) is 0 Å². The molecule has 4 nitrogen and oxygen atoms in total. The third kappa shape index (κ3) is 4.77. The van der Waals surface area contributed by atoms with Crippen LogP contribution in [0.15, 0.2) is 24.3 Å². The maximum absolute atomic E-state index is 12.0. The second kappa shape index (κ2) is 7.68. The van der Waals surface area contributed by atoms with Gasteiger partial charge in [0, 0.05) is 12.3 Å². The number of nitrogens with zero attached hydrogens (tertiary/aromatic N) is 1. The first-order valence-corrected chi connectivity index (χ1v) is 8.74. The van der Waals surface area contributed by atoms with Crippen LogP contribution in [0.2, 0.25) is 0 Å². The van der Waals surface area contributed by atoms with Gasteiger partial charge in [0.05, 0.1) is 6.04 Å². The van der Waals surface area contributed by atoms with Gasteiger partial charge in [-0.15, -0.1) is 0 Å². The normalized spacial score (nSPS) is 16.2. The maximum atomic E-state index is 12.0. The predicted molar refractivity (Wildman–Crippen MR) is 91.0 cm³/mol. The average molecular weight is 320 g/mol. The topological polar surface area (TPSA) is 49.4 Å². The Hall–Kier alpha value is -1.49. The lowest BCUT2D eigenvalue weighted by Crippen LogP contribution is -2.38. The molecule has 22 heavy (non-hydrogen) atoms. The van der Waals surface area contributed by atoms with Gasteiger partial charge >= 0.3 is 0 Å². The summed E-state index contributed by atoms with van der Waals surface area (Å²) in [7, 11) is 0. The van der Waals surface area contributed by atoms with Crippen molar-refractivity contribution in [2.45, 2.75) is 33.2 Å². The highest BCUT2D eigenvalue weighted by molar-refractivity contribution is 8.13. The zero-order valence-electron chi connectivity index (χ0n) is 13.5. The van der Waals surface area contributed by atoms with Gasteiger partial charge < -0.3 is 10.2 Å². The highest BCUT2D eigenvalue weighted by Crippen LogP contribution is 2.18. The van der Waals surface area contributed by atoms with Crippen molar-refractivity contribution in [2.75, 3.05) is 18.8 Å². The molecule has 1 fully saturated rings. The fourth-order valence-corrected chi connectivity index (χ4v) is 3.35. The minimum Gasteiger partial charge on any atom is -0.348 e. The number of hydrogen-bond acceptors (Lipinski definition) is 3. The molecule has 1 atom stereocenters. The summed E-state index contributed by atoms with van der Waals surface area (Å²) in [6, 6.07) is 8.34. The van der Waals surface area contributed by atoms with Gasteiger partial charge in [-0.1, -0.05) is 49.9 Å². The van der Waals surface area contributed by atoms with E-state index < -0.39 is 0 Å². The van der Waals surface area contributed by atoms with E-state index in [2.05, 4.69) is 43.4 Å². The molecule has 1 aliphatic heterocycles. The summed E-state index contributed by atoms with van der Waals surface area (Å²) in [4.78, 5) is 25.1. The number of benzene rings is 1. The Morgan fingerprint density at radius 3 is 2.50 bits per heavy atom. The fourth-order valence-electron chi connectivity index (χ4n) is 2.53. The van der Waals surface area contributed by atoms with Crippen molar-refractivity contribution in [1.29, 1.82) is 0 Å². The van der Waals surface area contributed by atoms with E-state index in [0.717, 1.165) is 17.7 Å². The largest absolute Gasteiger partial charge is 0.348 e. The van der Waals surface area contributed by atoms with E-state index in [1.165, 1.54) is 17.3 Å². The quantitative estimate of drug-likeness (QED) is 0.875. The van der Waals surface area contributed by atoms with Crippen molar-refractivity contribution < 1.29 is 9.59 Å². The molecule has 1 heterocycles. The monoisotopic (exact) mass is 320 g/mol. The molecule has 120 valence electrons. The second-order valence-electron chi connectivity index (χ2n) is 6.16. The fraction of sp³-hybridized carbons (Fsp3) is 0.529. The third-order valence-electron chi connectivity index (χ3n) is 3.68. The number of amides is 2. The van der Waals surface area contributed by atoms with Gasteiger partial charge in [0.1, 0.15) is 6.54 Å². The summed E-state index contributed by atoms with van der Waals surface area (Å²) in [6.07, 6.45) is 1.07. The Kier molecular flexibility index (Phi) is 5.89. The minimum atomic E-state index is -0.102. The molecule has 5 heteroatoms. The summed E-state index contributed by atoms with van der Waals surface area (Å²) in [5.41, 5.74) is 2.40. The van der Waals surface area contributed by atoms with Crippen LogP contribution in [0.5, 0.6) is 0 Å². The molecule has 1 aliphatic rings. The first-order chi connectivity index (χ1) is 10.5. The Morgan fingerprint density at radius 2 is 1.95 bits per heavy atom. The van der Waals surface area contributed by atoms with Crippen molar-refractivity contribution in [3.05, 3.63) is 35.4 Å². The molecule has 1 aromatic carbocycles. The number of carbonyl (C=O) groups is 2. The Morgan fingerprint density at radius 1 is 1.27 bits per heavy atom. The third-order valence-corrected chi connectivity index (χ3v) is 4.57. The summed E-state index contributed by atoms with van der Waals surface area (Å²) >= 11 is 1.28. The maximum Gasteiger partial charge on any atom is 0.282 e. The molecule has 0 spiro atoms. The van der Waals surface area contributed by atoms with Crippen LogP contribution in [-0.2, 0) is 11.2 Å². The van der Waals surface area contributed by atoms with E-state index in [1.54, 1.807) is 4.90 Å². The van der Waals surface area contributed by atoms with Gasteiger partial charge in [-0.25, -0.2) is 0 Å². The molecular formula is C17H24N2O2S. The van der Waals surface area contributed by atoms with Crippen molar-refractivity contribution >= 4 is 22.9 Å². The lowest BCUT2D eigenvalue weighted by Gasteiger charge is -2.18. The van der Waals surface area contributed by atoms with E-state index in [9.17, 15) is 9.59 Å². The van der Waals surface area contributed by atoms with Gasteiger partial charge in [0.25, 0.3) is 5.24 Å². The summed E-state index contributed by atoms with van der Waals surface area (Å²) in [6.45, 7) is 7.19. The van der Waals surface area contributed by atoms with Crippen molar-refractivity contribution in [3.8, 4) is 0 Å². The summed E-state index contributed by atoms with van der Waals surface area (Å²) in [5, 5.41) is 2.96.